The van der Waals surface area contributed by atoms with Crippen molar-refractivity contribution in [2.75, 3.05) is 38.2 Å². The number of sulfonamides is 1. The highest BCUT2D eigenvalue weighted by Gasteiger charge is 2.32. The Kier molecular flexibility index (Phi) is 5.57. The van der Waals surface area contributed by atoms with E-state index >= 15 is 0 Å². The number of nitrogens with zero attached hydrogens (tertiary/aromatic N) is 7. The largest absolute Gasteiger partial charge is 0.497 e. The highest BCUT2D eigenvalue weighted by Crippen LogP contribution is 2.27. The molecular formula is C21H19F2N7O3S. The first kappa shape index (κ1) is 22.1. The lowest BCUT2D eigenvalue weighted by atomic mass is 10.3. The molecule has 0 aliphatic carbocycles. The Labute approximate surface area is 193 Å². The van der Waals surface area contributed by atoms with Crippen LogP contribution in [0.3, 0.4) is 0 Å². The summed E-state index contributed by atoms with van der Waals surface area (Å²) in [6, 6.07) is 9.66. The zero-order valence-electron chi connectivity index (χ0n) is 18.0. The number of rotatable bonds is 5. The molecule has 13 heteroatoms. The lowest BCUT2D eigenvalue weighted by Crippen LogP contribution is -2.49. The van der Waals surface area contributed by atoms with Gasteiger partial charge in [0.05, 0.1) is 12.8 Å². The van der Waals surface area contributed by atoms with Crippen LogP contribution in [0.2, 0.25) is 0 Å². The van der Waals surface area contributed by atoms with Crippen molar-refractivity contribution in [2.45, 2.75) is 4.90 Å². The predicted octanol–water partition coefficient (Wildman–Crippen LogP) is 2.01. The van der Waals surface area contributed by atoms with Gasteiger partial charge in [0.25, 0.3) is 0 Å². The number of hydrogen-bond acceptors (Lipinski definition) is 8. The first-order chi connectivity index (χ1) is 16.4. The summed E-state index contributed by atoms with van der Waals surface area (Å²) in [5, 5.41) is 8.45. The molecule has 0 atom stereocenters. The quantitative estimate of drug-likeness (QED) is 0.421. The van der Waals surface area contributed by atoms with Crippen molar-refractivity contribution in [1.29, 1.82) is 0 Å². The van der Waals surface area contributed by atoms with Gasteiger partial charge in [0.15, 0.2) is 17.0 Å². The third-order valence-electron chi connectivity index (χ3n) is 5.57. The fraction of sp³-hybridized carbons (Fsp3) is 0.238. The number of piperazine rings is 1. The Morgan fingerprint density at radius 1 is 1.00 bits per heavy atom. The van der Waals surface area contributed by atoms with E-state index in [1.165, 1.54) is 6.33 Å². The fourth-order valence-corrected chi connectivity index (χ4v) is 5.34. The van der Waals surface area contributed by atoms with Crippen molar-refractivity contribution in [1.82, 2.24) is 29.3 Å². The molecule has 3 heterocycles. The molecule has 1 aliphatic rings. The minimum absolute atomic E-state index is 0.0633. The van der Waals surface area contributed by atoms with Crippen LogP contribution < -0.4 is 9.64 Å². The molecule has 4 aromatic rings. The van der Waals surface area contributed by atoms with Gasteiger partial charge >= 0.3 is 0 Å². The molecule has 0 spiro atoms. The van der Waals surface area contributed by atoms with Crippen LogP contribution in [0.15, 0.2) is 53.7 Å². The molecule has 1 saturated heterocycles. The van der Waals surface area contributed by atoms with E-state index in [9.17, 15) is 17.2 Å². The van der Waals surface area contributed by atoms with Gasteiger partial charge < -0.3 is 9.64 Å². The molecule has 2 aromatic heterocycles. The summed E-state index contributed by atoms with van der Waals surface area (Å²) in [7, 11) is -2.62. The second-order valence-corrected chi connectivity index (χ2v) is 9.44. The van der Waals surface area contributed by atoms with Crippen molar-refractivity contribution >= 4 is 27.0 Å². The van der Waals surface area contributed by atoms with Crippen LogP contribution in [0, 0.1) is 11.6 Å². The number of ether oxygens (including phenoxy) is 1. The molecule has 0 saturated carbocycles. The summed E-state index contributed by atoms with van der Waals surface area (Å²) in [4.78, 5) is 9.84. The average Bonchev–Trinajstić information content (AvgIpc) is 3.30. The first-order valence-corrected chi connectivity index (χ1v) is 11.7. The summed E-state index contributed by atoms with van der Waals surface area (Å²) < 4.78 is 61.4. The number of benzene rings is 2. The summed E-state index contributed by atoms with van der Waals surface area (Å²) in [6.45, 7) is 0.671. The molecule has 2 aromatic carbocycles. The van der Waals surface area contributed by atoms with E-state index in [2.05, 4.69) is 20.3 Å². The van der Waals surface area contributed by atoms with Crippen LogP contribution in [0.25, 0.3) is 16.9 Å². The van der Waals surface area contributed by atoms with Gasteiger partial charge in [0, 0.05) is 32.2 Å². The van der Waals surface area contributed by atoms with Crippen molar-refractivity contribution in [2.24, 2.45) is 0 Å². The van der Waals surface area contributed by atoms with Gasteiger partial charge in [-0.25, -0.2) is 27.2 Å². The van der Waals surface area contributed by atoms with Crippen LogP contribution in [0.1, 0.15) is 0 Å². The zero-order chi connectivity index (χ0) is 23.9. The lowest BCUT2D eigenvalue weighted by molar-refractivity contribution is 0.381. The topological polar surface area (TPSA) is 106 Å². The van der Waals surface area contributed by atoms with E-state index in [1.54, 1.807) is 17.9 Å². The van der Waals surface area contributed by atoms with Gasteiger partial charge in [0.2, 0.25) is 10.0 Å². The predicted molar refractivity (Wildman–Crippen MR) is 118 cm³/mol. The first-order valence-electron chi connectivity index (χ1n) is 10.3. The van der Waals surface area contributed by atoms with Gasteiger partial charge in [-0.3, -0.25) is 0 Å². The Bertz CT molecular complexity index is 1470. The SMILES string of the molecule is COc1cccc(-n2nnc3c(N4CCN(S(=O)(=O)c5cc(F)ccc5F)CC4)ncnc32)c1. The molecule has 10 nitrogen and oxygen atoms in total. The summed E-state index contributed by atoms with van der Waals surface area (Å²) in [6.07, 6.45) is 1.39. The van der Waals surface area contributed by atoms with E-state index in [0.717, 1.165) is 16.4 Å². The Hall–Kier alpha value is -3.71. The zero-order valence-corrected chi connectivity index (χ0v) is 18.8. The minimum Gasteiger partial charge on any atom is -0.497 e. The number of fused-ring (bicyclic) bond motifs is 1. The number of hydrogen-bond donors (Lipinski definition) is 0. The van der Waals surface area contributed by atoms with Gasteiger partial charge in [-0.2, -0.15) is 8.99 Å². The molecular weight excluding hydrogens is 468 g/mol. The normalized spacial score (nSPS) is 15.1. The van der Waals surface area contributed by atoms with Crippen molar-refractivity contribution in [3.05, 3.63) is 60.4 Å². The maximum Gasteiger partial charge on any atom is 0.246 e. The number of methoxy groups -OCH3 is 1. The highest BCUT2D eigenvalue weighted by molar-refractivity contribution is 7.89. The molecule has 176 valence electrons. The molecule has 0 unspecified atom stereocenters. The molecule has 1 fully saturated rings. The van der Waals surface area contributed by atoms with Gasteiger partial charge in [0.1, 0.15) is 28.6 Å². The third-order valence-corrected chi connectivity index (χ3v) is 7.48. The maximum atomic E-state index is 14.1. The Morgan fingerprint density at radius 3 is 2.56 bits per heavy atom. The van der Waals surface area contributed by atoms with Crippen LogP contribution in [0.5, 0.6) is 5.75 Å². The van der Waals surface area contributed by atoms with Gasteiger partial charge in [-0.05, 0) is 30.3 Å². The monoisotopic (exact) mass is 487 g/mol. The smallest absolute Gasteiger partial charge is 0.246 e. The van der Waals surface area contributed by atoms with Crippen LogP contribution in [0.4, 0.5) is 14.6 Å². The van der Waals surface area contributed by atoms with Crippen LogP contribution >= 0.6 is 0 Å². The molecule has 0 radical (unpaired) electrons. The molecule has 1 aliphatic heterocycles. The number of anilines is 1. The van der Waals surface area contributed by atoms with Crippen molar-refractivity contribution < 1.29 is 21.9 Å². The van der Waals surface area contributed by atoms with Gasteiger partial charge in [-0.1, -0.05) is 11.3 Å². The third kappa shape index (κ3) is 3.82. The van der Waals surface area contributed by atoms with E-state index in [-0.39, 0.29) is 26.2 Å². The second-order valence-electron chi connectivity index (χ2n) is 7.54. The second kappa shape index (κ2) is 8.57. The van der Waals surface area contributed by atoms with E-state index in [1.807, 2.05) is 23.1 Å². The lowest BCUT2D eigenvalue weighted by Gasteiger charge is -2.34. The molecule has 0 amide bonds. The number of halogens is 2. The fourth-order valence-electron chi connectivity index (χ4n) is 3.84. The molecule has 0 N–H and O–H groups in total. The van der Waals surface area contributed by atoms with E-state index in [4.69, 9.17) is 4.74 Å². The number of aromatic nitrogens is 5. The van der Waals surface area contributed by atoms with E-state index in [0.29, 0.717) is 34.5 Å². The molecule has 5 rings (SSSR count). The standard InChI is InChI=1S/C21H19F2N7O3S/c1-33-16-4-2-3-15(12-16)30-21-19(26-27-30)20(24-13-25-21)28-7-9-29(10-8-28)34(31,32)18-11-14(22)5-6-17(18)23/h2-6,11-13H,7-10H2,1H3. The van der Waals surface area contributed by atoms with E-state index < -0.39 is 26.6 Å². The van der Waals surface area contributed by atoms with Crippen LogP contribution in [-0.4, -0.2) is 71.0 Å². The summed E-state index contributed by atoms with van der Waals surface area (Å²) >= 11 is 0. The summed E-state index contributed by atoms with van der Waals surface area (Å²) in [5.74, 6) is -0.646. The van der Waals surface area contributed by atoms with Gasteiger partial charge in [-0.15, -0.1) is 5.10 Å². The summed E-state index contributed by atoms with van der Waals surface area (Å²) in [5.41, 5.74) is 1.65. The minimum atomic E-state index is -4.19. The molecule has 0 bridgehead atoms. The Morgan fingerprint density at radius 2 is 1.79 bits per heavy atom. The van der Waals surface area contributed by atoms with Crippen molar-refractivity contribution in [3.63, 3.8) is 0 Å². The Balaban J connectivity index is 1.40. The average molecular weight is 487 g/mol. The van der Waals surface area contributed by atoms with Crippen molar-refractivity contribution in [3.8, 4) is 11.4 Å². The highest BCUT2D eigenvalue weighted by atomic mass is 32.2. The molecule has 34 heavy (non-hydrogen) atoms. The van der Waals surface area contributed by atoms with Crippen LogP contribution in [-0.2, 0) is 10.0 Å². The maximum absolute atomic E-state index is 14.1.